The Hall–Kier alpha value is -3.17. The number of nitrogens with one attached hydrogen (secondary N) is 1. The molecule has 2 aromatic heterocycles. The molecule has 1 aromatic carbocycles. The maximum absolute atomic E-state index is 11.6. The second-order valence-electron chi connectivity index (χ2n) is 7.79. The van der Waals surface area contributed by atoms with E-state index in [0.29, 0.717) is 30.7 Å². The van der Waals surface area contributed by atoms with Crippen LogP contribution in [0.4, 0.5) is 11.8 Å². The number of anilines is 2. The zero-order valence-corrected chi connectivity index (χ0v) is 19.7. The summed E-state index contributed by atoms with van der Waals surface area (Å²) in [4.78, 5) is 31.5. The molecule has 3 aromatic rings. The first kappa shape index (κ1) is 23.0. The minimum absolute atomic E-state index is 0.0626. The number of benzene rings is 1. The molecule has 0 atom stereocenters. The van der Waals surface area contributed by atoms with Crippen molar-refractivity contribution < 1.29 is 9.53 Å². The third-order valence-corrected chi connectivity index (χ3v) is 6.24. The second kappa shape index (κ2) is 11.1. The number of likely N-dealkylation sites (N-methyl/N-ethyl adjacent to an activating group) is 1. The van der Waals surface area contributed by atoms with Crippen molar-refractivity contribution in [1.82, 2.24) is 19.9 Å². The van der Waals surface area contributed by atoms with Crippen LogP contribution in [0.2, 0.25) is 0 Å². The van der Waals surface area contributed by atoms with Crippen LogP contribution in [0.5, 0.6) is 5.88 Å². The topological polar surface area (TPSA) is 83.5 Å². The van der Waals surface area contributed by atoms with Crippen LogP contribution >= 0.6 is 11.8 Å². The number of ether oxygens (including phenoxy) is 1. The van der Waals surface area contributed by atoms with Gasteiger partial charge in [0.05, 0.1) is 11.1 Å². The van der Waals surface area contributed by atoms with E-state index in [1.807, 2.05) is 49.5 Å². The Morgan fingerprint density at radius 2 is 1.85 bits per heavy atom. The van der Waals surface area contributed by atoms with Gasteiger partial charge >= 0.3 is 0 Å². The van der Waals surface area contributed by atoms with Crippen molar-refractivity contribution in [1.29, 1.82) is 0 Å². The van der Waals surface area contributed by atoms with Gasteiger partial charge in [-0.25, -0.2) is 9.97 Å². The van der Waals surface area contributed by atoms with Crippen LogP contribution in [0.25, 0.3) is 0 Å². The summed E-state index contributed by atoms with van der Waals surface area (Å²) in [5.74, 6) is 1.71. The maximum atomic E-state index is 11.6. The summed E-state index contributed by atoms with van der Waals surface area (Å²) >= 11 is 1.49. The molecule has 1 amide bonds. The second-order valence-corrected chi connectivity index (χ2v) is 8.90. The number of nitrogens with zero attached hydrogens (tertiary/aromatic N) is 5. The number of hydrogen-bond donors (Lipinski definition) is 1. The Kier molecular flexibility index (Phi) is 7.74. The molecule has 0 aliphatic carbocycles. The molecule has 0 radical (unpaired) electrons. The van der Waals surface area contributed by atoms with Crippen molar-refractivity contribution in [2.45, 2.75) is 29.7 Å². The van der Waals surface area contributed by atoms with Gasteiger partial charge in [-0.05, 0) is 24.7 Å². The van der Waals surface area contributed by atoms with Crippen LogP contribution in [-0.2, 0) is 11.4 Å². The Balaban J connectivity index is 1.53. The molecule has 0 spiro atoms. The van der Waals surface area contributed by atoms with Gasteiger partial charge in [-0.2, -0.15) is 4.98 Å². The van der Waals surface area contributed by atoms with Gasteiger partial charge in [-0.3, -0.25) is 4.79 Å². The first-order chi connectivity index (χ1) is 16.1. The minimum Gasteiger partial charge on any atom is -0.472 e. The quantitative estimate of drug-likeness (QED) is 0.540. The normalized spacial score (nSPS) is 14.2. The lowest BCUT2D eigenvalue weighted by molar-refractivity contribution is -0.115. The van der Waals surface area contributed by atoms with E-state index in [-0.39, 0.29) is 5.91 Å². The van der Waals surface area contributed by atoms with Crippen molar-refractivity contribution in [3.05, 3.63) is 60.4 Å². The number of piperazine rings is 1. The van der Waals surface area contributed by atoms with E-state index >= 15 is 0 Å². The van der Waals surface area contributed by atoms with Gasteiger partial charge < -0.3 is 19.9 Å². The monoisotopic (exact) mass is 464 g/mol. The number of pyridine rings is 1. The number of carbonyl (C=O) groups excluding carboxylic acids is 1. The molecule has 0 unspecified atom stereocenters. The first-order valence-corrected chi connectivity index (χ1v) is 11.8. The van der Waals surface area contributed by atoms with Gasteiger partial charge in [-0.15, -0.1) is 0 Å². The highest BCUT2D eigenvalue weighted by Crippen LogP contribution is 2.34. The third kappa shape index (κ3) is 6.43. The molecule has 1 fully saturated rings. The fraction of sp³-hybridized carbons (Fsp3) is 0.333. The summed E-state index contributed by atoms with van der Waals surface area (Å²) in [6.07, 6.45) is 3.96. The predicted molar refractivity (Wildman–Crippen MR) is 130 cm³/mol. The Morgan fingerprint density at radius 1 is 1.06 bits per heavy atom. The molecule has 1 N–H and O–H groups in total. The molecule has 1 aliphatic heterocycles. The average Bonchev–Trinajstić information content (AvgIpc) is 2.85. The van der Waals surface area contributed by atoms with Crippen LogP contribution in [-0.4, -0.2) is 59.0 Å². The van der Waals surface area contributed by atoms with Crippen molar-refractivity contribution in [3.63, 3.8) is 0 Å². The molecular formula is C24H28N6O2S. The van der Waals surface area contributed by atoms with Crippen molar-refractivity contribution in [3.8, 4) is 5.88 Å². The third-order valence-electron chi connectivity index (χ3n) is 5.27. The molecular weight excluding hydrogens is 436 g/mol. The van der Waals surface area contributed by atoms with E-state index in [0.717, 1.165) is 41.5 Å². The fourth-order valence-electron chi connectivity index (χ4n) is 3.28. The number of aromatic nitrogens is 3. The highest BCUT2D eigenvalue weighted by molar-refractivity contribution is 7.99. The number of rotatable bonds is 8. The highest BCUT2D eigenvalue weighted by atomic mass is 32.2. The SMILES string of the molecule is CCC(=O)Nc1ccc(Sc2cnc(N3CCN(C)CC3)nc2OCc2ccccc2)cn1. The lowest BCUT2D eigenvalue weighted by Gasteiger charge is -2.32. The molecule has 1 aliphatic rings. The molecule has 1 saturated heterocycles. The van der Waals surface area contributed by atoms with Crippen LogP contribution in [0.3, 0.4) is 0 Å². The largest absolute Gasteiger partial charge is 0.472 e. The summed E-state index contributed by atoms with van der Waals surface area (Å²) in [5, 5.41) is 2.76. The van der Waals surface area contributed by atoms with E-state index < -0.39 is 0 Å². The number of carbonyl (C=O) groups is 1. The van der Waals surface area contributed by atoms with Crippen molar-refractivity contribution >= 4 is 29.4 Å². The average molecular weight is 465 g/mol. The minimum atomic E-state index is -0.0626. The molecule has 0 saturated carbocycles. The smallest absolute Gasteiger partial charge is 0.232 e. The zero-order valence-electron chi connectivity index (χ0n) is 18.9. The molecule has 4 rings (SSSR count). The van der Waals surface area contributed by atoms with Crippen LogP contribution in [0.1, 0.15) is 18.9 Å². The lowest BCUT2D eigenvalue weighted by atomic mass is 10.2. The summed E-state index contributed by atoms with van der Waals surface area (Å²) in [6, 6.07) is 13.7. The summed E-state index contributed by atoms with van der Waals surface area (Å²) in [5.41, 5.74) is 1.07. The van der Waals surface area contributed by atoms with Gasteiger partial charge in [0.25, 0.3) is 0 Å². The van der Waals surface area contributed by atoms with Crippen LogP contribution in [0.15, 0.2) is 64.6 Å². The maximum Gasteiger partial charge on any atom is 0.232 e. The lowest BCUT2D eigenvalue weighted by Crippen LogP contribution is -2.45. The van der Waals surface area contributed by atoms with Gasteiger partial charge in [0.15, 0.2) is 0 Å². The molecule has 0 bridgehead atoms. The van der Waals surface area contributed by atoms with Crippen LogP contribution < -0.4 is 15.0 Å². The molecule has 3 heterocycles. The van der Waals surface area contributed by atoms with E-state index in [4.69, 9.17) is 9.72 Å². The summed E-state index contributed by atoms with van der Waals surface area (Å²) in [7, 11) is 2.12. The summed E-state index contributed by atoms with van der Waals surface area (Å²) in [6.45, 7) is 5.96. The van der Waals surface area contributed by atoms with E-state index in [2.05, 4.69) is 32.1 Å². The zero-order chi connectivity index (χ0) is 23.0. The molecule has 172 valence electrons. The number of hydrogen-bond acceptors (Lipinski definition) is 8. The standard InChI is InChI=1S/C24H28N6O2S/c1-3-22(31)27-21-10-9-19(15-25-21)33-20-16-26-24(30-13-11-29(2)12-14-30)28-23(20)32-17-18-7-5-4-6-8-18/h4-10,15-16H,3,11-14,17H2,1-2H3,(H,25,27,31). The molecule has 8 nitrogen and oxygen atoms in total. The van der Waals surface area contributed by atoms with Crippen LogP contribution in [0, 0.1) is 0 Å². The van der Waals surface area contributed by atoms with E-state index in [9.17, 15) is 4.79 Å². The molecule has 9 heteroatoms. The van der Waals surface area contributed by atoms with Crippen molar-refractivity contribution in [2.75, 3.05) is 43.4 Å². The van der Waals surface area contributed by atoms with E-state index in [1.165, 1.54) is 11.8 Å². The van der Waals surface area contributed by atoms with Gasteiger partial charge in [0, 0.05) is 43.7 Å². The van der Waals surface area contributed by atoms with E-state index in [1.54, 1.807) is 12.3 Å². The summed E-state index contributed by atoms with van der Waals surface area (Å²) < 4.78 is 6.15. The van der Waals surface area contributed by atoms with Gasteiger partial charge in [0.1, 0.15) is 12.4 Å². The Morgan fingerprint density at radius 3 is 2.55 bits per heavy atom. The number of amides is 1. The fourth-order valence-corrected chi connectivity index (χ4v) is 4.07. The predicted octanol–water partition coefficient (Wildman–Crippen LogP) is 3.70. The first-order valence-electron chi connectivity index (χ1n) is 11.0. The highest BCUT2D eigenvalue weighted by Gasteiger charge is 2.19. The Labute approximate surface area is 198 Å². The van der Waals surface area contributed by atoms with Gasteiger partial charge in [-0.1, -0.05) is 49.0 Å². The molecule has 33 heavy (non-hydrogen) atoms. The Bertz CT molecular complexity index is 1060. The van der Waals surface area contributed by atoms with Gasteiger partial charge in [0.2, 0.25) is 17.7 Å². The van der Waals surface area contributed by atoms with Crippen molar-refractivity contribution in [2.24, 2.45) is 0 Å².